The highest BCUT2D eigenvalue weighted by Gasteiger charge is 2.25. The second-order valence-electron chi connectivity index (χ2n) is 7.30. The maximum absolute atomic E-state index is 13.2. The Hall–Kier alpha value is -2.89. The molecule has 1 aromatic heterocycles. The Morgan fingerprint density at radius 3 is 2.76 bits per heavy atom. The first-order chi connectivity index (χ1) is 15.8. The van der Waals surface area contributed by atoms with Crippen molar-refractivity contribution in [3.63, 3.8) is 0 Å². The Bertz CT molecular complexity index is 1220. The first-order valence-electron chi connectivity index (χ1n) is 9.95. The molecule has 2 aromatic carbocycles. The Balaban J connectivity index is 1.28. The molecule has 174 valence electrons. The summed E-state index contributed by atoms with van der Waals surface area (Å²) in [5, 5.41) is 4.84. The molecule has 0 bridgehead atoms. The van der Waals surface area contributed by atoms with Crippen molar-refractivity contribution in [1.82, 2.24) is 10.3 Å². The highest BCUT2D eigenvalue weighted by molar-refractivity contribution is 7.93. The summed E-state index contributed by atoms with van der Waals surface area (Å²) in [5.41, 5.74) is 0.858. The number of rotatable bonds is 8. The van der Waals surface area contributed by atoms with Crippen LogP contribution >= 0.6 is 22.9 Å². The minimum absolute atomic E-state index is 0.0721. The molecule has 0 aliphatic carbocycles. The van der Waals surface area contributed by atoms with E-state index < -0.39 is 15.8 Å². The van der Waals surface area contributed by atoms with E-state index in [1.807, 2.05) is 0 Å². The Morgan fingerprint density at radius 1 is 1.27 bits per heavy atom. The van der Waals surface area contributed by atoms with E-state index >= 15 is 0 Å². The first kappa shape index (κ1) is 23.3. The summed E-state index contributed by atoms with van der Waals surface area (Å²) in [5.74, 6) is -0.540. The Kier molecular flexibility index (Phi) is 7.01. The predicted octanol–water partition coefficient (Wildman–Crippen LogP) is 3.51. The van der Waals surface area contributed by atoms with E-state index in [2.05, 4.69) is 19.9 Å². The minimum atomic E-state index is -3.71. The normalized spacial score (nSPS) is 15.9. The average molecular weight is 511 g/mol. The highest BCUT2D eigenvalue weighted by Crippen LogP contribution is 2.24. The van der Waals surface area contributed by atoms with Gasteiger partial charge in [0.1, 0.15) is 11.6 Å². The van der Waals surface area contributed by atoms with Gasteiger partial charge in [-0.1, -0.05) is 11.6 Å². The molecule has 8 nitrogen and oxygen atoms in total. The summed E-state index contributed by atoms with van der Waals surface area (Å²) >= 11 is 6.91. The van der Waals surface area contributed by atoms with Crippen molar-refractivity contribution < 1.29 is 22.3 Å². The third-order valence-corrected chi connectivity index (χ3v) is 7.44. The molecule has 12 heteroatoms. The summed E-state index contributed by atoms with van der Waals surface area (Å²) in [6.07, 6.45) is 2.26. The van der Waals surface area contributed by atoms with Gasteiger partial charge in [-0.05, 0) is 42.8 Å². The number of ether oxygens (including phenoxy) is 1. The summed E-state index contributed by atoms with van der Waals surface area (Å²) in [6.45, 7) is 1.08. The van der Waals surface area contributed by atoms with Crippen molar-refractivity contribution >= 4 is 49.7 Å². The molecule has 0 saturated carbocycles. The zero-order chi connectivity index (χ0) is 23.4. The number of hydrogen-bond donors (Lipinski definition) is 2. The fourth-order valence-electron chi connectivity index (χ4n) is 3.38. The van der Waals surface area contributed by atoms with Crippen LogP contribution in [0.4, 0.5) is 15.2 Å². The number of nitrogens with one attached hydrogen (secondary N) is 2. The molecule has 2 heterocycles. The number of anilines is 2. The lowest BCUT2D eigenvalue weighted by Gasteiger charge is -2.19. The smallest absolute Gasteiger partial charge is 0.263 e. The van der Waals surface area contributed by atoms with Gasteiger partial charge >= 0.3 is 0 Å². The molecular weight excluding hydrogens is 491 g/mol. The predicted molar refractivity (Wildman–Crippen MR) is 125 cm³/mol. The van der Waals surface area contributed by atoms with E-state index in [0.29, 0.717) is 24.0 Å². The number of sulfonamides is 1. The lowest BCUT2D eigenvalue weighted by atomic mass is 10.2. The van der Waals surface area contributed by atoms with Crippen LogP contribution in [0.5, 0.6) is 5.75 Å². The van der Waals surface area contributed by atoms with E-state index in [1.54, 1.807) is 29.6 Å². The molecule has 1 saturated heterocycles. The van der Waals surface area contributed by atoms with Crippen LogP contribution in [0.2, 0.25) is 5.02 Å². The first-order valence-corrected chi connectivity index (χ1v) is 12.7. The third-order valence-electron chi connectivity index (χ3n) is 4.98. The monoisotopic (exact) mass is 510 g/mol. The molecular formula is C21H20ClFN4O4S2. The van der Waals surface area contributed by atoms with Crippen molar-refractivity contribution in [3.8, 4) is 5.75 Å². The quantitative estimate of drug-likeness (QED) is 0.481. The van der Waals surface area contributed by atoms with Gasteiger partial charge in [0.05, 0.1) is 9.92 Å². The van der Waals surface area contributed by atoms with E-state index in [4.69, 9.17) is 16.3 Å². The van der Waals surface area contributed by atoms with Gasteiger partial charge in [-0.25, -0.2) is 17.8 Å². The maximum atomic E-state index is 13.2. The number of nitrogens with zero attached hydrogens (tertiary/aromatic N) is 2. The summed E-state index contributed by atoms with van der Waals surface area (Å²) in [6, 6.07) is 10.4. The molecule has 1 amide bonds. The fraction of sp³-hybridized carbons (Fsp3) is 0.238. The van der Waals surface area contributed by atoms with Crippen LogP contribution in [-0.4, -0.2) is 45.0 Å². The molecule has 2 N–H and O–H groups in total. The number of amides is 1. The summed E-state index contributed by atoms with van der Waals surface area (Å²) < 4.78 is 45.9. The Morgan fingerprint density at radius 2 is 2.06 bits per heavy atom. The van der Waals surface area contributed by atoms with Crippen molar-refractivity contribution in [2.75, 3.05) is 29.3 Å². The van der Waals surface area contributed by atoms with Crippen LogP contribution in [0.25, 0.3) is 0 Å². The van der Waals surface area contributed by atoms with Gasteiger partial charge in [0.25, 0.3) is 15.9 Å². The number of hydrogen-bond acceptors (Lipinski definition) is 7. The van der Waals surface area contributed by atoms with E-state index in [0.717, 1.165) is 12.1 Å². The molecule has 0 unspecified atom stereocenters. The largest absolute Gasteiger partial charge is 0.484 e. The number of benzene rings is 2. The molecule has 1 atom stereocenters. The van der Waals surface area contributed by atoms with Gasteiger partial charge in [-0.3, -0.25) is 9.52 Å². The number of thiazole rings is 1. The summed E-state index contributed by atoms with van der Waals surface area (Å²) in [7, 11) is -3.71. The van der Waals surface area contributed by atoms with E-state index in [1.165, 1.54) is 35.7 Å². The Labute approximate surface area is 199 Å². The average Bonchev–Trinajstić information content (AvgIpc) is 3.47. The van der Waals surface area contributed by atoms with Crippen molar-refractivity contribution in [2.24, 2.45) is 0 Å². The van der Waals surface area contributed by atoms with E-state index in [-0.39, 0.29) is 28.5 Å². The fourth-order valence-corrected chi connectivity index (χ4v) is 5.34. The van der Waals surface area contributed by atoms with Gasteiger partial charge in [0, 0.05) is 42.5 Å². The van der Waals surface area contributed by atoms with Crippen molar-refractivity contribution in [3.05, 3.63) is 64.9 Å². The van der Waals surface area contributed by atoms with Gasteiger partial charge in [-0.15, -0.1) is 11.3 Å². The number of aromatic nitrogens is 1. The summed E-state index contributed by atoms with van der Waals surface area (Å²) in [4.78, 5) is 18.4. The van der Waals surface area contributed by atoms with Gasteiger partial charge in [0.2, 0.25) is 0 Å². The zero-order valence-corrected chi connectivity index (χ0v) is 19.6. The van der Waals surface area contributed by atoms with E-state index in [9.17, 15) is 17.6 Å². The van der Waals surface area contributed by atoms with Crippen molar-refractivity contribution in [1.29, 1.82) is 0 Å². The minimum Gasteiger partial charge on any atom is -0.484 e. The maximum Gasteiger partial charge on any atom is 0.263 e. The van der Waals surface area contributed by atoms with Crippen LogP contribution < -0.4 is 19.7 Å². The SMILES string of the molecule is O=C(COc1ccc(F)c(Cl)c1)N[C@H]1CCN(c2ccc(S(=O)(=O)Nc3nccs3)cc2)C1. The van der Waals surface area contributed by atoms with Crippen LogP contribution in [-0.2, 0) is 14.8 Å². The topological polar surface area (TPSA) is 101 Å². The van der Waals surface area contributed by atoms with Crippen LogP contribution in [0.1, 0.15) is 6.42 Å². The highest BCUT2D eigenvalue weighted by atomic mass is 35.5. The van der Waals surface area contributed by atoms with Gasteiger partial charge in [0.15, 0.2) is 11.7 Å². The second-order valence-corrected chi connectivity index (χ2v) is 10.3. The third kappa shape index (κ3) is 5.92. The van der Waals surface area contributed by atoms with Crippen LogP contribution in [0.15, 0.2) is 58.9 Å². The standard InChI is InChI=1S/C21H20ClFN4O4S2/c22-18-11-16(3-6-19(18)23)31-13-20(28)25-14-7-9-27(12-14)15-1-4-17(5-2-15)33(29,30)26-21-24-8-10-32-21/h1-6,8,10-11,14H,7,9,12-13H2,(H,24,26)(H,25,28)/t14-/m0/s1. The lowest BCUT2D eigenvalue weighted by Crippen LogP contribution is -2.39. The molecule has 1 aliphatic heterocycles. The lowest BCUT2D eigenvalue weighted by molar-refractivity contribution is -0.123. The van der Waals surface area contributed by atoms with Crippen LogP contribution in [0, 0.1) is 5.82 Å². The number of carbonyl (C=O) groups excluding carboxylic acids is 1. The van der Waals surface area contributed by atoms with Crippen molar-refractivity contribution in [2.45, 2.75) is 17.4 Å². The van der Waals surface area contributed by atoms with Crippen LogP contribution in [0.3, 0.4) is 0 Å². The molecule has 33 heavy (non-hydrogen) atoms. The number of carbonyl (C=O) groups is 1. The molecule has 0 spiro atoms. The molecule has 1 aliphatic rings. The number of halogens is 2. The van der Waals surface area contributed by atoms with Gasteiger partial charge in [-0.2, -0.15) is 0 Å². The second kappa shape index (κ2) is 9.94. The molecule has 0 radical (unpaired) electrons. The molecule has 1 fully saturated rings. The zero-order valence-electron chi connectivity index (χ0n) is 17.2. The molecule has 4 rings (SSSR count). The molecule has 3 aromatic rings. The van der Waals surface area contributed by atoms with Gasteiger partial charge < -0.3 is 15.0 Å².